The lowest BCUT2D eigenvalue weighted by molar-refractivity contribution is 0.414. The summed E-state index contributed by atoms with van der Waals surface area (Å²) in [6.07, 6.45) is 0. The lowest BCUT2D eigenvalue weighted by Crippen LogP contribution is -2.35. The third kappa shape index (κ3) is 2.45. The van der Waals surface area contributed by atoms with Crippen molar-refractivity contribution >= 4 is 5.96 Å². The molecular weight excluding hydrogens is 202 g/mol. The van der Waals surface area contributed by atoms with Gasteiger partial charge in [-0.15, -0.1) is 0 Å². The molecule has 0 bridgehead atoms. The van der Waals surface area contributed by atoms with Crippen molar-refractivity contribution in [1.82, 2.24) is 10.6 Å². The zero-order chi connectivity index (χ0) is 11.4. The minimum atomic E-state index is 0.246. The number of ether oxygens (including phenoxy) is 1. The summed E-state index contributed by atoms with van der Waals surface area (Å²) >= 11 is 0. The van der Waals surface area contributed by atoms with Crippen LogP contribution in [0.3, 0.4) is 0 Å². The van der Waals surface area contributed by atoms with E-state index < -0.39 is 0 Å². The van der Waals surface area contributed by atoms with E-state index in [4.69, 9.17) is 4.74 Å². The first kappa shape index (κ1) is 10.8. The number of nitrogens with one attached hydrogen (secondary N) is 2. The van der Waals surface area contributed by atoms with Crippen LogP contribution in [0.4, 0.5) is 0 Å². The van der Waals surface area contributed by atoms with Crippen molar-refractivity contribution in [2.45, 2.75) is 13.0 Å². The van der Waals surface area contributed by atoms with Gasteiger partial charge < -0.3 is 15.4 Å². The molecule has 0 radical (unpaired) electrons. The average Bonchev–Trinajstić information content (AvgIpc) is 2.82. The summed E-state index contributed by atoms with van der Waals surface area (Å²) in [6.45, 7) is 3.90. The maximum Gasteiger partial charge on any atom is 0.191 e. The van der Waals surface area contributed by atoms with Crippen LogP contribution in [-0.2, 0) is 0 Å². The maximum atomic E-state index is 5.13. The topological polar surface area (TPSA) is 45.6 Å². The van der Waals surface area contributed by atoms with E-state index in [0.717, 1.165) is 24.8 Å². The van der Waals surface area contributed by atoms with Crippen molar-refractivity contribution in [1.29, 1.82) is 0 Å². The number of nitrogens with zero attached hydrogens (tertiary/aromatic N) is 1. The van der Waals surface area contributed by atoms with Gasteiger partial charge in [0.15, 0.2) is 5.96 Å². The Hall–Kier alpha value is -1.71. The predicted molar refractivity (Wildman–Crippen MR) is 64.8 cm³/mol. The third-order valence-corrected chi connectivity index (χ3v) is 2.64. The van der Waals surface area contributed by atoms with E-state index in [1.165, 1.54) is 5.56 Å². The van der Waals surface area contributed by atoms with E-state index in [0.29, 0.717) is 0 Å². The molecule has 1 atom stereocenters. The van der Waals surface area contributed by atoms with Crippen LogP contribution in [0.5, 0.6) is 5.75 Å². The highest BCUT2D eigenvalue weighted by Crippen LogP contribution is 2.17. The van der Waals surface area contributed by atoms with Crippen LogP contribution in [0.2, 0.25) is 0 Å². The monoisotopic (exact) mass is 219 g/mol. The molecule has 1 heterocycles. The molecule has 2 rings (SSSR count). The second kappa shape index (κ2) is 4.88. The summed E-state index contributed by atoms with van der Waals surface area (Å²) in [5.41, 5.74) is 1.22. The Morgan fingerprint density at radius 3 is 2.69 bits per heavy atom. The SMILES string of the molecule is COc1ccc([C@@H](C)NC2=NCCN2)cc1. The van der Waals surface area contributed by atoms with Gasteiger partial charge in [-0.3, -0.25) is 4.99 Å². The van der Waals surface area contributed by atoms with Gasteiger partial charge in [-0.2, -0.15) is 0 Å². The number of hydrogen-bond donors (Lipinski definition) is 2. The molecule has 0 saturated carbocycles. The zero-order valence-electron chi connectivity index (χ0n) is 9.66. The Balaban J connectivity index is 1.99. The number of hydrogen-bond acceptors (Lipinski definition) is 4. The Labute approximate surface area is 95.7 Å². The number of benzene rings is 1. The quantitative estimate of drug-likeness (QED) is 0.805. The number of guanidine groups is 1. The van der Waals surface area contributed by atoms with Crippen molar-refractivity contribution in [3.8, 4) is 5.75 Å². The van der Waals surface area contributed by atoms with Gasteiger partial charge in [-0.25, -0.2) is 0 Å². The molecule has 1 aromatic rings. The summed E-state index contributed by atoms with van der Waals surface area (Å²) < 4.78 is 5.13. The molecule has 2 N–H and O–H groups in total. The third-order valence-electron chi connectivity index (χ3n) is 2.64. The fraction of sp³-hybridized carbons (Fsp3) is 0.417. The smallest absolute Gasteiger partial charge is 0.191 e. The lowest BCUT2D eigenvalue weighted by Gasteiger charge is -2.15. The standard InChI is InChI=1S/C12H17N3O/c1-9(15-12-13-7-8-14-12)10-3-5-11(16-2)6-4-10/h3-6,9H,7-8H2,1-2H3,(H2,13,14,15)/t9-/m1/s1. The Morgan fingerprint density at radius 2 is 2.12 bits per heavy atom. The highest BCUT2D eigenvalue weighted by Gasteiger charge is 2.10. The van der Waals surface area contributed by atoms with Crippen molar-refractivity contribution in [3.05, 3.63) is 29.8 Å². The van der Waals surface area contributed by atoms with E-state index in [1.54, 1.807) is 7.11 Å². The van der Waals surface area contributed by atoms with Crippen molar-refractivity contribution in [3.63, 3.8) is 0 Å². The van der Waals surface area contributed by atoms with E-state index in [2.05, 4.69) is 34.7 Å². The highest BCUT2D eigenvalue weighted by molar-refractivity contribution is 5.81. The Kier molecular flexibility index (Phi) is 3.29. The van der Waals surface area contributed by atoms with Gasteiger partial charge in [0.05, 0.1) is 19.7 Å². The first-order valence-corrected chi connectivity index (χ1v) is 5.48. The molecule has 16 heavy (non-hydrogen) atoms. The van der Waals surface area contributed by atoms with Gasteiger partial charge in [0.1, 0.15) is 5.75 Å². The van der Waals surface area contributed by atoms with Crippen LogP contribution in [0.15, 0.2) is 29.3 Å². The fourth-order valence-corrected chi connectivity index (χ4v) is 1.68. The van der Waals surface area contributed by atoms with Crippen molar-refractivity contribution < 1.29 is 4.74 Å². The molecular formula is C12H17N3O. The van der Waals surface area contributed by atoms with Crippen molar-refractivity contribution in [2.24, 2.45) is 4.99 Å². The highest BCUT2D eigenvalue weighted by atomic mass is 16.5. The van der Waals surface area contributed by atoms with Gasteiger partial charge in [0, 0.05) is 6.54 Å². The summed E-state index contributed by atoms with van der Waals surface area (Å²) in [5, 5.41) is 6.52. The molecule has 0 aromatic heterocycles. The van der Waals surface area contributed by atoms with Crippen LogP contribution < -0.4 is 15.4 Å². The molecule has 86 valence electrons. The lowest BCUT2D eigenvalue weighted by atomic mass is 10.1. The first-order valence-electron chi connectivity index (χ1n) is 5.48. The van der Waals surface area contributed by atoms with Crippen LogP contribution in [0.25, 0.3) is 0 Å². The maximum absolute atomic E-state index is 5.13. The molecule has 0 fully saturated rings. The molecule has 0 amide bonds. The first-order chi connectivity index (χ1) is 7.79. The van der Waals surface area contributed by atoms with Gasteiger partial charge in [0.25, 0.3) is 0 Å². The van der Waals surface area contributed by atoms with Crippen molar-refractivity contribution in [2.75, 3.05) is 20.2 Å². The van der Waals surface area contributed by atoms with Gasteiger partial charge >= 0.3 is 0 Å². The van der Waals surface area contributed by atoms with Gasteiger partial charge in [-0.1, -0.05) is 12.1 Å². The van der Waals surface area contributed by atoms with Crippen LogP contribution in [-0.4, -0.2) is 26.2 Å². The minimum absolute atomic E-state index is 0.246. The summed E-state index contributed by atoms with van der Waals surface area (Å²) in [6, 6.07) is 8.31. The van der Waals surface area contributed by atoms with Crippen LogP contribution >= 0.6 is 0 Å². The van der Waals surface area contributed by atoms with Gasteiger partial charge in [-0.05, 0) is 24.6 Å². The predicted octanol–water partition coefficient (Wildman–Crippen LogP) is 1.30. The van der Waals surface area contributed by atoms with Gasteiger partial charge in [0.2, 0.25) is 0 Å². The summed E-state index contributed by atoms with van der Waals surface area (Å²) in [5.74, 6) is 1.77. The second-order valence-electron chi connectivity index (χ2n) is 3.80. The molecule has 0 unspecified atom stereocenters. The second-order valence-corrected chi connectivity index (χ2v) is 3.80. The molecule has 0 spiro atoms. The number of aliphatic imine (C=N–C) groups is 1. The summed E-state index contributed by atoms with van der Waals surface area (Å²) in [7, 11) is 1.67. The average molecular weight is 219 g/mol. The molecule has 0 aliphatic carbocycles. The van der Waals surface area contributed by atoms with E-state index >= 15 is 0 Å². The van der Waals surface area contributed by atoms with Crippen LogP contribution in [0, 0.1) is 0 Å². The number of rotatable bonds is 3. The normalized spacial score (nSPS) is 16.2. The minimum Gasteiger partial charge on any atom is -0.497 e. The van der Waals surface area contributed by atoms with E-state index in [1.807, 2.05) is 12.1 Å². The molecule has 0 saturated heterocycles. The molecule has 1 aliphatic heterocycles. The molecule has 1 aromatic carbocycles. The molecule has 1 aliphatic rings. The Morgan fingerprint density at radius 1 is 1.38 bits per heavy atom. The molecule has 4 nitrogen and oxygen atoms in total. The fourth-order valence-electron chi connectivity index (χ4n) is 1.68. The zero-order valence-corrected chi connectivity index (χ0v) is 9.66. The Bertz CT molecular complexity index is 372. The van der Waals surface area contributed by atoms with E-state index in [9.17, 15) is 0 Å². The molecule has 4 heteroatoms. The van der Waals surface area contributed by atoms with Crippen LogP contribution in [0.1, 0.15) is 18.5 Å². The van der Waals surface area contributed by atoms with E-state index in [-0.39, 0.29) is 6.04 Å². The number of methoxy groups -OCH3 is 1. The largest absolute Gasteiger partial charge is 0.497 e. The summed E-state index contributed by atoms with van der Waals surface area (Å²) in [4.78, 5) is 4.30.